The van der Waals surface area contributed by atoms with Crippen LogP contribution in [0, 0.1) is 5.82 Å². The van der Waals surface area contributed by atoms with E-state index in [1.54, 1.807) is 26.4 Å². The zero-order chi connectivity index (χ0) is 20.0. The van der Waals surface area contributed by atoms with Gasteiger partial charge in [-0.2, -0.15) is 0 Å². The minimum Gasteiger partial charge on any atom is -0.469 e. The zero-order valence-corrected chi connectivity index (χ0v) is 19.1. The van der Waals surface area contributed by atoms with E-state index in [9.17, 15) is 9.18 Å². The second-order valence-corrected chi connectivity index (χ2v) is 7.32. The molecular formula is C21H28FIN4O2. The van der Waals surface area contributed by atoms with Crippen molar-refractivity contribution in [2.24, 2.45) is 4.99 Å². The van der Waals surface area contributed by atoms with Crippen molar-refractivity contribution in [1.82, 2.24) is 15.5 Å². The standard InChI is InChI=1S/C21H27FN4O2.HI/c1-26(2)19(27)14-24-20(23-12-9-16-6-5-13-28-16)25-15-21(10-11-21)17-7-3-4-8-18(17)22;/h3-8,13H,9-12,14-15H2,1-2H3,(H2,23,24,25);1H. The van der Waals surface area contributed by atoms with Crippen LogP contribution in [0.2, 0.25) is 0 Å². The van der Waals surface area contributed by atoms with E-state index < -0.39 is 0 Å². The number of halogens is 2. The van der Waals surface area contributed by atoms with Gasteiger partial charge < -0.3 is 20.0 Å². The van der Waals surface area contributed by atoms with Crippen molar-refractivity contribution in [1.29, 1.82) is 0 Å². The minimum atomic E-state index is -0.208. The second-order valence-electron chi connectivity index (χ2n) is 7.32. The average Bonchev–Trinajstić information content (AvgIpc) is 3.28. The maximum Gasteiger partial charge on any atom is 0.243 e. The topological polar surface area (TPSA) is 69.9 Å². The van der Waals surface area contributed by atoms with Crippen LogP contribution in [0.15, 0.2) is 52.1 Å². The van der Waals surface area contributed by atoms with E-state index in [-0.39, 0.29) is 47.7 Å². The Balaban J connectivity index is 0.00000300. The Morgan fingerprint density at radius 2 is 1.97 bits per heavy atom. The van der Waals surface area contributed by atoms with Gasteiger partial charge in [0.05, 0.1) is 6.26 Å². The van der Waals surface area contributed by atoms with E-state index in [0.29, 0.717) is 25.5 Å². The molecule has 0 saturated heterocycles. The van der Waals surface area contributed by atoms with Crippen LogP contribution in [0.1, 0.15) is 24.2 Å². The molecule has 2 aromatic rings. The molecule has 1 aromatic carbocycles. The van der Waals surface area contributed by atoms with Crippen LogP contribution in [-0.4, -0.2) is 50.5 Å². The predicted octanol–water partition coefficient (Wildman–Crippen LogP) is 2.93. The van der Waals surface area contributed by atoms with Gasteiger partial charge in [-0.25, -0.2) is 9.38 Å². The lowest BCUT2D eigenvalue weighted by molar-refractivity contribution is -0.127. The first-order chi connectivity index (χ1) is 13.5. The third kappa shape index (κ3) is 6.45. The summed E-state index contributed by atoms with van der Waals surface area (Å²) in [5.41, 5.74) is 0.530. The first-order valence-electron chi connectivity index (χ1n) is 9.50. The molecule has 8 heteroatoms. The summed E-state index contributed by atoms with van der Waals surface area (Å²) in [4.78, 5) is 17.8. The zero-order valence-electron chi connectivity index (χ0n) is 16.8. The molecule has 0 atom stereocenters. The third-order valence-electron chi connectivity index (χ3n) is 5.01. The van der Waals surface area contributed by atoms with Gasteiger partial charge >= 0.3 is 0 Å². The highest BCUT2D eigenvalue weighted by Gasteiger charge is 2.45. The fourth-order valence-electron chi connectivity index (χ4n) is 3.06. The van der Waals surface area contributed by atoms with Gasteiger partial charge in [0.2, 0.25) is 5.91 Å². The Kier molecular flexibility index (Phi) is 8.48. The average molecular weight is 514 g/mol. The summed E-state index contributed by atoms with van der Waals surface area (Å²) in [6, 6.07) is 10.7. The Labute approximate surface area is 188 Å². The highest BCUT2D eigenvalue weighted by Crippen LogP contribution is 2.48. The largest absolute Gasteiger partial charge is 0.469 e. The first-order valence-corrected chi connectivity index (χ1v) is 9.50. The van der Waals surface area contributed by atoms with Crippen LogP contribution in [0.3, 0.4) is 0 Å². The molecule has 0 aliphatic heterocycles. The molecule has 158 valence electrons. The molecule has 1 amide bonds. The van der Waals surface area contributed by atoms with E-state index in [0.717, 1.165) is 24.2 Å². The maximum absolute atomic E-state index is 14.2. The molecule has 0 unspecified atom stereocenters. The molecule has 0 radical (unpaired) electrons. The van der Waals surface area contributed by atoms with Gasteiger partial charge in [0.15, 0.2) is 5.96 Å². The van der Waals surface area contributed by atoms with Crippen LogP contribution in [-0.2, 0) is 16.6 Å². The van der Waals surface area contributed by atoms with E-state index in [1.807, 2.05) is 24.3 Å². The van der Waals surface area contributed by atoms with Gasteiger partial charge in [-0.05, 0) is 36.6 Å². The SMILES string of the molecule is CN(C)C(=O)CN=C(NCCc1ccco1)NCC1(c2ccccc2F)CC1.I. The number of amides is 1. The molecule has 1 saturated carbocycles. The Hall–Kier alpha value is -2.10. The molecule has 1 fully saturated rings. The molecule has 1 aromatic heterocycles. The summed E-state index contributed by atoms with van der Waals surface area (Å²) in [5.74, 6) is 1.17. The van der Waals surface area contributed by atoms with E-state index in [2.05, 4.69) is 15.6 Å². The van der Waals surface area contributed by atoms with Gasteiger partial charge in [-0.15, -0.1) is 24.0 Å². The van der Waals surface area contributed by atoms with Gasteiger partial charge in [0.25, 0.3) is 0 Å². The molecule has 6 nitrogen and oxygen atoms in total. The monoisotopic (exact) mass is 514 g/mol. The van der Waals surface area contributed by atoms with Crippen molar-refractivity contribution in [3.8, 4) is 0 Å². The fourth-order valence-corrected chi connectivity index (χ4v) is 3.06. The van der Waals surface area contributed by atoms with Crippen molar-refractivity contribution in [2.75, 3.05) is 33.7 Å². The number of aliphatic imine (C=N–C) groups is 1. The summed E-state index contributed by atoms with van der Waals surface area (Å²) in [6.07, 6.45) is 4.20. The molecule has 0 bridgehead atoms. The number of nitrogens with one attached hydrogen (secondary N) is 2. The number of guanidine groups is 1. The van der Waals surface area contributed by atoms with Crippen molar-refractivity contribution >= 4 is 35.8 Å². The number of carbonyl (C=O) groups excluding carboxylic acids is 1. The van der Waals surface area contributed by atoms with E-state index in [1.165, 1.54) is 11.0 Å². The third-order valence-corrected chi connectivity index (χ3v) is 5.01. The van der Waals surface area contributed by atoms with Crippen molar-refractivity contribution in [2.45, 2.75) is 24.7 Å². The van der Waals surface area contributed by atoms with Gasteiger partial charge in [0, 0.05) is 39.0 Å². The quantitative estimate of drug-likeness (QED) is 0.323. The smallest absolute Gasteiger partial charge is 0.243 e. The highest BCUT2D eigenvalue weighted by atomic mass is 127. The summed E-state index contributed by atoms with van der Waals surface area (Å²) in [7, 11) is 3.40. The predicted molar refractivity (Wildman–Crippen MR) is 122 cm³/mol. The van der Waals surface area contributed by atoms with Crippen LogP contribution >= 0.6 is 24.0 Å². The van der Waals surface area contributed by atoms with Gasteiger partial charge in [-0.3, -0.25) is 4.79 Å². The highest BCUT2D eigenvalue weighted by molar-refractivity contribution is 14.0. The molecule has 1 heterocycles. The lowest BCUT2D eigenvalue weighted by Crippen LogP contribution is -2.43. The number of rotatable bonds is 8. The lowest BCUT2D eigenvalue weighted by atomic mass is 9.95. The van der Waals surface area contributed by atoms with Crippen molar-refractivity contribution in [3.05, 3.63) is 59.8 Å². The van der Waals surface area contributed by atoms with Crippen molar-refractivity contribution in [3.63, 3.8) is 0 Å². The second kappa shape index (κ2) is 10.6. The summed E-state index contributed by atoms with van der Waals surface area (Å²) >= 11 is 0. The minimum absolute atomic E-state index is 0. The maximum atomic E-state index is 14.2. The van der Waals surface area contributed by atoms with Crippen LogP contribution in [0.5, 0.6) is 0 Å². The number of hydrogen-bond acceptors (Lipinski definition) is 3. The van der Waals surface area contributed by atoms with Crippen LogP contribution in [0.25, 0.3) is 0 Å². The number of hydrogen-bond donors (Lipinski definition) is 2. The first kappa shape index (κ1) is 23.2. The van der Waals surface area contributed by atoms with Crippen molar-refractivity contribution < 1.29 is 13.6 Å². The van der Waals surface area contributed by atoms with E-state index in [4.69, 9.17) is 4.42 Å². The van der Waals surface area contributed by atoms with Crippen LogP contribution in [0.4, 0.5) is 4.39 Å². The normalized spacial score (nSPS) is 14.7. The molecular weight excluding hydrogens is 486 g/mol. The molecule has 0 spiro atoms. The molecule has 3 rings (SSSR count). The summed E-state index contributed by atoms with van der Waals surface area (Å²) in [6.45, 7) is 1.23. The fraction of sp³-hybridized carbons (Fsp3) is 0.429. The molecule has 1 aliphatic rings. The lowest BCUT2D eigenvalue weighted by Gasteiger charge is -2.20. The Morgan fingerprint density at radius 1 is 1.21 bits per heavy atom. The van der Waals surface area contributed by atoms with Gasteiger partial charge in [0.1, 0.15) is 18.1 Å². The Bertz CT molecular complexity index is 820. The summed E-state index contributed by atoms with van der Waals surface area (Å²) in [5, 5.41) is 6.53. The van der Waals surface area contributed by atoms with Gasteiger partial charge in [-0.1, -0.05) is 18.2 Å². The molecule has 29 heavy (non-hydrogen) atoms. The summed E-state index contributed by atoms with van der Waals surface area (Å²) < 4.78 is 19.6. The molecule has 1 aliphatic carbocycles. The van der Waals surface area contributed by atoms with Crippen LogP contribution < -0.4 is 10.6 Å². The number of furan rings is 1. The molecule has 2 N–H and O–H groups in total. The van der Waals surface area contributed by atoms with E-state index >= 15 is 0 Å². The number of nitrogens with zero attached hydrogens (tertiary/aromatic N) is 2. The number of benzene rings is 1. The number of likely N-dealkylation sites (N-methyl/N-ethyl adjacent to an activating group) is 1. The Morgan fingerprint density at radius 3 is 2.59 bits per heavy atom. The number of carbonyl (C=O) groups is 1.